The van der Waals surface area contributed by atoms with E-state index in [0.717, 1.165) is 10.1 Å². The van der Waals surface area contributed by atoms with E-state index in [1.165, 1.54) is 18.6 Å². The van der Waals surface area contributed by atoms with E-state index in [4.69, 9.17) is 0 Å². The monoisotopic (exact) mass is 311 g/mol. The minimum atomic E-state index is -0.280. The minimum Gasteiger partial charge on any atom is -0.329 e. The van der Waals surface area contributed by atoms with Gasteiger partial charge in [0.05, 0.1) is 6.20 Å². The Kier molecular flexibility index (Phi) is 4.15. The molecule has 0 aliphatic carbocycles. The molecule has 0 radical (unpaired) electrons. The van der Waals surface area contributed by atoms with E-state index in [1.54, 1.807) is 18.0 Å². The molecule has 1 N–H and O–H groups in total. The number of nitrogens with zero attached hydrogens (tertiary/aromatic N) is 4. The standard InChI is InChI=1S/C15H13N5OS/c1-20-9-8-18-15(20)22-12-4-2-11(3-5-12)19-14(21)13-10-16-6-7-17-13/h2-10H,1H3,(H,19,21). The molecule has 7 heteroatoms. The van der Waals surface area contributed by atoms with Crippen LogP contribution in [-0.4, -0.2) is 25.4 Å². The Labute approximate surface area is 131 Å². The summed E-state index contributed by atoms with van der Waals surface area (Å²) in [6, 6.07) is 7.57. The van der Waals surface area contributed by atoms with Crippen molar-refractivity contribution in [1.82, 2.24) is 19.5 Å². The van der Waals surface area contributed by atoms with Gasteiger partial charge in [0, 0.05) is 42.4 Å². The molecule has 6 nitrogen and oxygen atoms in total. The van der Waals surface area contributed by atoms with Crippen LogP contribution in [0.25, 0.3) is 0 Å². The zero-order valence-electron chi connectivity index (χ0n) is 11.8. The van der Waals surface area contributed by atoms with Crippen LogP contribution in [0.1, 0.15) is 10.5 Å². The van der Waals surface area contributed by atoms with E-state index in [-0.39, 0.29) is 11.6 Å². The molecule has 110 valence electrons. The first-order chi connectivity index (χ1) is 10.7. The summed E-state index contributed by atoms with van der Waals surface area (Å²) >= 11 is 1.56. The van der Waals surface area contributed by atoms with Crippen LogP contribution < -0.4 is 5.32 Å². The highest BCUT2D eigenvalue weighted by Crippen LogP contribution is 2.26. The summed E-state index contributed by atoms with van der Waals surface area (Å²) in [5.41, 5.74) is 0.994. The van der Waals surface area contributed by atoms with Crippen molar-refractivity contribution in [3.63, 3.8) is 0 Å². The lowest BCUT2D eigenvalue weighted by Crippen LogP contribution is -2.13. The molecule has 22 heavy (non-hydrogen) atoms. The Hall–Kier alpha value is -2.67. The second kappa shape index (κ2) is 6.40. The number of nitrogens with one attached hydrogen (secondary N) is 1. The third-order valence-corrected chi connectivity index (χ3v) is 3.98. The summed E-state index contributed by atoms with van der Waals surface area (Å²) < 4.78 is 1.95. The van der Waals surface area contributed by atoms with Gasteiger partial charge in [0.1, 0.15) is 5.69 Å². The van der Waals surface area contributed by atoms with Crippen LogP contribution in [-0.2, 0) is 7.05 Å². The summed E-state index contributed by atoms with van der Waals surface area (Å²) in [6.45, 7) is 0. The second-order valence-corrected chi connectivity index (χ2v) is 5.53. The highest BCUT2D eigenvalue weighted by atomic mass is 32.2. The second-order valence-electron chi connectivity index (χ2n) is 4.49. The molecule has 0 saturated heterocycles. The largest absolute Gasteiger partial charge is 0.329 e. The average Bonchev–Trinajstić information content (AvgIpc) is 2.95. The molecule has 0 aliphatic heterocycles. The van der Waals surface area contributed by atoms with Gasteiger partial charge in [-0.1, -0.05) is 11.8 Å². The molecule has 0 saturated carbocycles. The Balaban J connectivity index is 1.67. The molecule has 1 aromatic carbocycles. The normalized spacial score (nSPS) is 10.4. The number of aromatic nitrogens is 4. The van der Waals surface area contributed by atoms with Crippen molar-refractivity contribution in [2.24, 2.45) is 7.05 Å². The fourth-order valence-corrected chi connectivity index (χ4v) is 2.57. The molecule has 0 spiro atoms. The maximum atomic E-state index is 12.0. The molecule has 2 aromatic heterocycles. The quantitative estimate of drug-likeness (QED) is 0.802. The lowest BCUT2D eigenvalue weighted by atomic mass is 10.3. The average molecular weight is 311 g/mol. The predicted octanol–water partition coefficient (Wildman–Crippen LogP) is 2.61. The minimum absolute atomic E-state index is 0.280. The van der Waals surface area contributed by atoms with Gasteiger partial charge in [-0.2, -0.15) is 0 Å². The van der Waals surface area contributed by atoms with Crippen LogP contribution >= 0.6 is 11.8 Å². The summed E-state index contributed by atoms with van der Waals surface area (Å²) in [5, 5.41) is 3.70. The van der Waals surface area contributed by atoms with Crippen LogP contribution in [0.4, 0.5) is 5.69 Å². The fourth-order valence-electron chi connectivity index (χ4n) is 1.77. The van der Waals surface area contributed by atoms with Crippen LogP contribution in [0.15, 0.2) is 65.3 Å². The van der Waals surface area contributed by atoms with Crippen molar-refractivity contribution < 1.29 is 4.79 Å². The molecule has 3 rings (SSSR count). The number of aryl methyl sites for hydroxylation is 1. The molecule has 0 atom stereocenters. The molecule has 0 bridgehead atoms. The van der Waals surface area contributed by atoms with Gasteiger partial charge in [-0.15, -0.1) is 0 Å². The number of hydrogen-bond donors (Lipinski definition) is 1. The van der Waals surface area contributed by atoms with E-state index >= 15 is 0 Å². The number of imidazole rings is 1. The third-order valence-electron chi connectivity index (χ3n) is 2.89. The summed E-state index contributed by atoms with van der Waals surface area (Å²) in [7, 11) is 1.95. The van der Waals surface area contributed by atoms with Crippen molar-refractivity contribution >= 4 is 23.4 Å². The topological polar surface area (TPSA) is 72.7 Å². The smallest absolute Gasteiger partial charge is 0.275 e. The molecule has 0 fully saturated rings. The van der Waals surface area contributed by atoms with Gasteiger partial charge in [-0.25, -0.2) is 9.97 Å². The third kappa shape index (κ3) is 3.32. The predicted molar refractivity (Wildman–Crippen MR) is 83.8 cm³/mol. The summed E-state index contributed by atoms with van der Waals surface area (Å²) in [4.78, 5) is 25.1. The maximum Gasteiger partial charge on any atom is 0.275 e. The molecule has 0 aliphatic rings. The van der Waals surface area contributed by atoms with Gasteiger partial charge in [0.25, 0.3) is 5.91 Å². The first kappa shape index (κ1) is 14.3. The summed E-state index contributed by atoms with van der Waals surface area (Å²) in [5.74, 6) is -0.280. The lowest BCUT2D eigenvalue weighted by Gasteiger charge is -2.06. The maximum absolute atomic E-state index is 12.0. The van der Waals surface area contributed by atoms with Crippen molar-refractivity contribution in [3.8, 4) is 0 Å². The first-order valence-electron chi connectivity index (χ1n) is 6.55. The number of anilines is 1. The van der Waals surface area contributed by atoms with Crippen LogP contribution in [0.2, 0.25) is 0 Å². The van der Waals surface area contributed by atoms with Gasteiger partial charge in [0.15, 0.2) is 5.16 Å². The Morgan fingerprint density at radius 3 is 2.59 bits per heavy atom. The molecular weight excluding hydrogens is 298 g/mol. The van der Waals surface area contributed by atoms with Gasteiger partial charge < -0.3 is 9.88 Å². The van der Waals surface area contributed by atoms with Crippen molar-refractivity contribution in [3.05, 3.63) is 60.9 Å². The number of carbonyl (C=O) groups is 1. The fraction of sp³-hybridized carbons (Fsp3) is 0.0667. The number of hydrogen-bond acceptors (Lipinski definition) is 5. The van der Waals surface area contributed by atoms with E-state index in [9.17, 15) is 4.79 Å². The van der Waals surface area contributed by atoms with Gasteiger partial charge in [0.2, 0.25) is 0 Å². The van der Waals surface area contributed by atoms with E-state index in [1.807, 2.05) is 42.1 Å². The Bertz CT molecular complexity index is 770. The Morgan fingerprint density at radius 2 is 1.95 bits per heavy atom. The van der Waals surface area contributed by atoms with Crippen LogP contribution in [0.3, 0.4) is 0 Å². The number of benzene rings is 1. The van der Waals surface area contributed by atoms with Crippen molar-refractivity contribution in [2.45, 2.75) is 10.1 Å². The molecular formula is C15H13N5OS. The zero-order valence-corrected chi connectivity index (χ0v) is 12.6. The van der Waals surface area contributed by atoms with Gasteiger partial charge >= 0.3 is 0 Å². The number of carbonyl (C=O) groups excluding carboxylic acids is 1. The van der Waals surface area contributed by atoms with E-state index in [0.29, 0.717) is 5.69 Å². The van der Waals surface area contributed by atoms with Crippen molar-refractivity contribution in [2.75, 3.05) is 5.32 Å². The zero-order chi connectivity index (χ0) is 15.4. The highest BCUT2D eigenvalue weighted by molar-refractivity contribution is 7.99. The molecule has 2 heterocycles. The van der Waals surface area contributed by atoms with Crippen LogP contribution in [0.5, 0.6) is 0 Å². The number of amides is 1. The lowest BCUT2D eigenvalue weighted by molar-refractivity contribution is 0.102. The Morgan fingerprint density at radius 1 is 1.14 bits per heavy atom. The van der Waals surface area contributed by atoms with E-state index < -0.39 is 0 Å². The SMILES string of the molecule is Cn1ccnc1Sc1ccc(NC(=O)c2cnccn2)cc1. The first-order valence-corrected chi connectivity index (χ1v) is 7.36. The molecule has 3 aromatic rings. The molecule has 0 unspecified atom stereocenters. The van der Waals surface area contributed by atoms with Crippen molar-refractivity contribution in [1.29, 1.82) is 0 Å². The molecule has 1 amide bonds. The van der Waals surface area contributed by atoms with Crippen LogP contribution in [0, 0.1) is 0 Å². The van der Waals surface area contributed by atoms with E-state index in [2.05, 4.69) is 20.3 Å². The number of rotatable bonds is 4. The van der Waals surface area contributed by atoms with Gasteiger partial charge in [-0.3, -0.25) is 9.78 Å². The highest BCUT2D eigenvalue weighted by Gasteiger charge is 2.08. The summed E-state index contributed by atoms with van der Waals surface area (Å²) in [6.07, 6.45) is 8.11. The van der Waals surface area contributed by atoms with Gasteiger partial charge in [-0.05, 0) is 24.3 Å².